The first-order valence-corrected chi connectivity index (χ1v) is 4.54. The lowest BCUT2D eigenvalue weighted by Gasteiger charge is -2.20. The summed E-state index contributed by atoms with van der Waals surface area (Å²) in [5, 5.41) is 8.88. The van der Waals surface area contributed by atoms with Gasteiger partial charge in [0.05, 0.1) is 7.11 Å². The number of hydrogen-bond donors (Lipinski definition) is 1. The van der Waals surface area contributed by atoms with Gasteiger partial charge in [0, 0.05) is 6.07 Å². The number of aromatic carboxylic acids is 1. The number of rotatable bonds is 2. The van der Waals surface area contributed by atoms with Crippen LogP contribution in [0.25, 0.3) is 0 Å². The van der Waals surface area contributed by atoms with E-state index >= 15 is 0 Å². The van der Waals surface area contributed by atoms with Gasteiger partial charge >= 0.3 is 5.97 Å². The average molecular weight is 228 g/mol. The van der Waals surface area contributed by atoms with Crippen molar-refractivity contribution in [1.82, 2.24) is 0 Å². The maximum Gasteiger partial charge on any atom is 0.339 e. The Hall–Kier alpha value is -1.98. The van der Waals surface area contributed by atoms with E-state index in [-0.39, 0.29) is 36.0 Å². The van der Waals surface area contributed by atoms with Gasteiger partial charge < -0.3 is 19.3 Å². The molecule has 86 valence electrons. The maximum atomic E-state index is 13.8. The van der Waals surface area contributed by atoms with Crippen LogP contribution in [0.15, 0.2) is 6.07 Å². The molecule has 0 atom stereocenters. The number of halogens is 1. The fourth-order valence-electron chi connectivity index (χ4n) is 1.49. The zero-order valence-electron chi connectivity index (χ0n) is 8.45. The van der Waals surface area contributed by atoms with Gasteiger partial charge in [0.15, 0.2) is 11.5 Å². The molecule has 0 radical (unpaired) electrons. The van der Waals surface area contributed by atoms with E-state index in [1.165, 1.54) is 13.2 Å². The van der Waals surface area contributed by atoms with Gasteiger partial charge in [-0.25, -0.2) is 4.79 Å². The second-order valence-corrected chi connectivity index (χ2v) is 3.10. The highest BCUT2D eigenvalue weighted by atomic mass is 19.1. The van der Waals surface area contributed by atoms with Crippen molar-refractivity contribution in [1.29, 1.82) is 0 Å². The second kappa shape index (κ2) is 3.88. The Labute approximate surface area is 90.3 Å². The molecule has 1 aromatic rings. The smallest absolute Gasteiger partial charge is 0.339 e. The first-order valence-electron chi connectivity index (χ1n) is 4.54. The highest BCUT2D eigenvalue weighted by Crippen LogP contribution is 2.40. The molecule has 16 heavy (non-hydrogen) atoms. The minimum absolute atomic E-state index is 0.0851. The molecule has 0 saturated heterocycles. The SMILES string of the molecule is COc1c(C(=O)O)cc2c(c1F)OCCO2. The molecule has 1 N–H and O–H groups in total. The third-order valence-corrected chi connectivity index (χ3v) is 2.16. The predicted molar refractivity (Wildman–Crippen MR) is 50.9 cm³/mol. The van der Waals surface area contributed by atoms with Crippen LogP contribution in [0, 0.1) is 5.82 Å². The largest absolute Gasteiger partial charge is 0.493 e. The summed E-state index contributed by atoms with van der Waals surface area (Å²) < 4.78 is 28.7. The van der Waals surface area contributed by atoms with Crippen molar-refractivity contribution in [3.63, 3.8) is 0 Å². The Bertz CT molecular complexity index is 443. The fourth-order valence-corrected chi connectivity index (χ4v) is 1.49. The zero-order valence-corrected chi connectivity index (χ0v) is 8.45. The average Bonchev–Trinajstić information content (AvgIpc) is 2.29. The minimum atomic E-state index is -1.28. The molecule has 0 saturated carbocycles. The van der Waals surface area contributed by atoms with Crippen molar-refractivity contribution >= 4 is 5.97 Å². The first-order chi connectivity index (χ1) is 7.65. The van der Waals surface area contributed by atoms with E-state index in [9.17, 15) is 9.18 Å². The molecule has 6 heteroatoms. The summed E-state index contributed by atoms with van der Waals surface area (Å²) in [7, 11) is 1.20. The molecule has 0 aliphatic carbocycles. The maximum absolute atomic E-state index is 13.8. The Morgan fingerprint density at radius 3 is 2.81 bits per heavy atom. The van der Waals surface area contributed by atoms with E-state index in [2.05, 4.69) is 0 Å². The van der Waals surface area contributed by atoms with Crippen molar-refractivity contribution in [3.05, 3.63) is 17.4 Å². The van der Waals surface area contributed by atoms with Crippen LogP contribution in [-0.4, -0.2) is 31.4 Å². The Morgan fingerprint density at radius 1 is 1.50 bits per heavy atom. The van der Waals surface area contributed by atoms with Gasteiger partial charge in [-0.15, -0.1) is 0 Å². The summed E-state index contributed by atoms with van der Waals surface area (Å²) in [4.78, 5) is 10.9. The van der Waals surface area contributed by atoms with Crippen LogP contribution < -0.4 is 14.2 Å². The van der Waals surface area contributed by atoms with Crippen molar-refractivity contribution in [3.8, 4) is 17.2 Å². The molecular formula is C10H9FO5. The Kier molecular flexibility index (Phi) is 2.55. The Morgan fingerprint density at radius 2 is 2.19 bits per heavy atom. The molecule has 0 spiro atoms. The number of carboxylic acid groups (broad SMARTS) is 1. The number of ether oxygens (including phenoxy) is 3. The molecule has 1 aromatic carbocycles. The van der Waals surface area contributed by atoms with Crippen LogP contribution in [0.4, 0.5) is 4.39 Å². The molecule has 0 amide bonds. The quantitative estimate of drug-likeness (QED) is 0.826. The van der Waals surface area contributed by atoms with Crippen LogP contribution in [0.3, 0.4) is 0 Å². The highest BCUT2D eigenvalue weighted by Gasteiger charge is 2.26. The van der Waals surface area contributed by atoms with E-state index in [1.807, 2.05) is 0 Å². The van der Waals surface area contributed by atoms with Gasteiger partial charge in [-0.3, -0.25) is 0 Å². The second-order valence-electron chi connectivity index (χ2n) is 3.10. The topological polar surface area (TPSA) is 65.0 Å². The number of carboxylic acids is 1. The standard InChI is InChI=1S/C10H9FO5/c1-14-8-5(10(12)13)4-6-9(7(8)11)16-3-2-15-6/h4H,2-3H2,1H3,(H,12,13). The Balaban J connectivity index is 2.64. The number of carbonyl (C=O) groups is 1. The number of methoxy groups -OCH3 is 1. The number of hydrogen-bond acceptors (Lipinski definition) is 4. The molecule has 0 unspecified atom stereocenters. The highest BCUT2D eigenvalue weighted by molar-refractivity contribution is 5.92. The summed E-state index contributed by atoms with van der Waals surface area (Å²) in [5.41, 5.74) is -0.288. The van der Waals surface area contributed by atoms with E-state index in [4.69, 9.17) is 19.3 Å². The lowest BCUT2D eigenvalue weighted by Crippen LogP contribution is -2.18. The summed E-state index contributed by atoms with van der Waals surface area (Å²) in [6, 6.07) is 1.19. The molecule has 0 bridgehead atoms. The minimum Gasteiger partial charge on any atom is -0.493 e. The van der Waals surface area contributed by atoms with Gasteiger partial charge in [0.1, 0.15) is 18.8 Å². The molecule has 1 aliphatic rings. The van der Waals surface area contributed by atoms with Gasteiger partial charge in [0.25, 0.3) is 0 Å². The van der Waals surface area contributed by atoms with E-state index in [1.54, 1.807) is 0 Å². The lowest BCUT2D eigenvalue weighted by molar-refractivity contribution is 0.0690. The van der Waals surface area contributed by atoms with Crippen LogP contribution in [0.5, 0.6) is 17.2 Å². The van der Waals surface area contributed by atoms with Crippen molar-refractivity contribution in [2.75, 3.05) is 20.3 Å². The normalized spacial score (nSPS) is 13.4. The van der Waals surface area contributed by atoms with Crippen LogP contribution in [0.2, 0.25) is 0 Å². The van der Waals surface area contributed by atoms with Gasteiger partial charge in [-0.05, 0) is 0 Å². The van der Waals surface area contributed by atoms with E-state index in [0.29, 0.717) is 0 Å². The van der Waals surface area contributed by atoms with Crippen LogP contribution in [-0.2, 0) is 0 Å². The summed E-state index contributed by atoms with van der Waals surface area (Å²) in [6.45, 7) is 0.483. The molecule has 0 fully saturated rings. The summed E-state index contributed by atoms with van der Waals surface area (Å²) in [6.07, 6.45) is 0. The third-order valence-electron chi connectivity index (χ3n) is 2.16. The van der Waals surface area contributed by atoms with Gasteiger partial charge in [-0.2, -0.15) is 4.39 Å². The fraction of sp³-hybridized carbons (Fsp3) is 0.300. The summed E-state index contributed by atoms with van der Waals surface area (Å²) in [5.74, 6) is -2.50. The first kappa shape index (κ1) is 10.5. The van der Waals surface area contributed by atoms with Crippen LogP contribution in [0.1, 0.15) is 10.4 Å². The van der Waals surface area contributed by atoms with Crippen molar-refractivity contribution in [2.45, 2.75) is 0 Å². The predicted octanol–water partition coefficient (Wildman–Crippen LogP) is 1.30. The molecule has 5 nitrogen and oxygen atoms in total. The lowest BCUT2D eigenvalue weighted by atomic mass is 10.1. The number of fused-ring (bicyclic) bond motifs is 1. The van der Waals surface area contributed by atoms with Crippen LogP contribution >= 0.6 is 0 Å². The number of benzene rings is 1. The van der Waals surface area contributed by atoms with Crippen molar-refractivity contribution < 1.29 is 28.5 Å². The molecule has 1 aliphatic heterocycles. The molecule has 1 heterocycles. The molecule has 2 rings (SSSR count). The van der Waals surface area contributed by atoms with Crippen molar-refractivity contribution in [2.24, 2.45) is 0 Å². The van der Waals surface area contributed by atoms with Gasteiger partial charge in [-0.1, -0.05) is 0 Å². The van der Waals surface area contributed by atoms with E-state index in [0.717, 1.165) is 0 Å². The molecule has 0 aromatic heterocycles. The zero-order chi connectivity index (χ0) is 11.7. The third kappa shape index (κ3) is 1.52. The monoisotopic (exact) mass is 228 g/mol. The summed E-state index contributed by atoms with van der Waals surface area (Å²) >= 11 is 0. The molecular weight excluding hydrogens is 219 g/mol. The van der Waals surface area contributed by atoms with E-state index < -0.39 is 11.8 Å². The van der Waals surface area contributed by atoms with Gasteiger partial charge in [0.2, 0.25) is 11.6 Å².